The van der Waals surface area contributed by atoms with Crippen LogP contribution in [0.15, 0.2) is 29.3 Å². The highest BCUT2D eigenvalue weighted by Crippen LogP contribution is 2.26. The van der Waals surface area contributed by atoms with Gasteiger partial charge in [-0.3, -0.25) is 19.8 Å². The molecule has 1 aliphatic heterocycles. The van der Waals surface area contributed by atoms with Crippen LogP contribution >= 0.6 is 11.8 Å². The van der Waals surface area contributed by atoms with Crippen LogP contribution in [0.1, 0.15) is 12.8 Å². The predicted molar refractivity (Wildman–Crippen MR) is 77.5 cm³/mol. The quantitative estimate of drug-likeness (QED) is 0.295. The summed E-state index contributed by atoms with van der Waals surface area (Å²) in [6.07, 6.45) is 4.09. The average molecular weight is 288 g/mol. The second-order valence-corrected chi connectivity index (χ2v) is 4.80. The number of rotatable bonds is 2. The molecule has 0 bridgehead atoms. The molecule has 1 heterocycles. The molecule has 0 saturated carbocycles. The highest BCUT2D eigenvalue weighted by molar-refractivity contribution is 8.13. The van der Waals surface area contributed by atoms with Crippen molar-refractivity contribution in [3.8, 4) is 6.19 Å². The Kier molecular flexibility index (Phi) is 4.38. The summed E-state index contributed by atoms with van der Waals surface area (Å²) in [6, 6.07) is 6.80. The van der Waals surface area contributed by atoms with Crippen molar-refractivity contribution < 1.29 is 9.59 Å². The number of nitrogens with one attached hydrogen (secondary N) is 1. The minimum atomic E-state index is -0.198. The van der Waals surface area contributed by atoms with E-state index in [0.717, 1.165) is 0 Å². The molecule has 0 spiro atoms. The molecule has 0 unspecified atom stereocenters. The monoisotopic (exact) mass is 288 g/mol. The number of amides is 2. The van der Waals surface area contributed by atoms with Crippen LogP contribution in [0.25, 0.3) is 0 Å². The zero-order valence-electron chi connectivity index (χ0n) is 10.8. The van der Waals surface area contributed by atoms with E-state index in [-0.39, 0.29) is 24.7 Å². The van der Waals surface area contributed by atoms with Crippen LogP contribution in [0.4, 0.5) is 11.4 Å². The number of hydrogen-bond donors (Lipinski definition) is 1. The molecule has 1 fully saturated rings. The summed E-state index contributed by atoms with van der Waals surface area (Å²) in [7, 11) is 0. The number of hydrogen-bond acceptors (Lipinski definition) is 5. The van der Waals surface area contributed by atoms with E-state index in [2.05, 4.69) is 10.3 Å². The van der Waals surface area contributed by atoms with Crippen molar-refractivity contribution >= 4 is 40.1 Å². The number of nitriles is 1. The largest absolute Gasteiger partial charge is 0.274 e. The lowest BCUT2D eigenvalue weighted by molar-refractivity contribution is -0.121. The van der Waals surface area contributed by atoms with E-state index in [0.29, 0.717) is 16.5 Å². The van der Waals surface area contributed by atoms with Crippen LogP contribution in [0, 0.1) is 11.5 Å². The smallest absolute Gasteiger partial charge is 0.234 e. The molecular formula is C13H12N4O2S. The Morgan fingerprint density at radius 2 is 2.10 bits per heavy atom. The molecule has 7 heteroatoms. The van der Waals surface area contributed by atoms with Gasteiger partial charge in [-0.25, -0.2) is 4.99 Å². The third kappa shape index (κ3) is 2.97. The van der Waals surface area contributed by atoms with E-state index in [1.807, 2.05) is 0 Å². The molecule has 0 aliphatic carbocycles. The predicted octanol–water partition coefficient (Wildman–Crippen LogP) is 1.76. The Labute approximate surface area is 120 Å². The van der Waals surface area contributed by atoms with Gasteiger partial charge in [-0.1, -0.05) is 17.8 Å². The number of aliphatic imine (C=N–C) groups is 1. The van der Waals surface area contributed by atoms with Gasteiger partial charge < -0.3 is 0 Å². The van der Waals surface area contributed by atoms with Gasteiger partial charge in [0, 0.05) is 12.8 Å². The first-order valence-electron chi connectivity index (χ1n) is 5.89. The minimum absolute atomic E-state index is 0.198. The maximum Gasteiger partial charge on any atom is 0.234 e. The van der Waals surface area contributed by atoms with E-state index in [4.69, 9.17) is 5.26 Å². The Hall–Kier alpha value is -2.33. The molecule has 1 aromatic rings. The third-order valence-corrected chi connectivity index (χ3v) is 3.31. The summed E-state index contributed by atoms with van der Waals surface area (Å²) in [5, 5.41) is 11.5. The first-order valence-corrected chi connectivity index (χ1v) is 7.12. The summed E-state index contributed by atoms with van der Waals surface area (Å²) in [6.45, 7) is 0. The number of imide groups is 1. The highest BCUT2D eigenvalue weighted by Gasteiger charge is 2.30. The van der Waals surface area contributed by atoms with Gasteiger partial charge >= 0.3 is 0 Å². The molecule has 20 heavy (non-hydrogen) atoms. The molecule has 0 radical (unpaired) electrons. The number of carbonyl (C=O) groups excluding carboxylic acids is 2. The van der Waals surface area contributed by atoms with Gasteiger partial charge in [-0.15, -0.1) is 0 Å². The van der Waals surface area contributed by atoms with Gasteiger partial charge in [0.25, 0.3) is 0 Å². The average Bonchev–Trinajstić information content (AvgIpc) is 2.78. The normalized spacial score (nSPS) is 15.4. The Morgan fingerprint density at radius 3 is 2.70 bits per heavy atom. The van der Waals surface area contributed by atoms with Crippen LogP contribution in [0.5, 0.6) is 0 Å². The molecule has 0 aromatic heterocycles. The van der Waals surface area contributed by atoms with Crippen molar-refractivity contribution in [1.82, 2.24) is 5.32 Å². The summed E-state index contributed by atoms with van der Waals surface area (Å²) in [5.41, 5.74) is 1.08. The number of nitrogens with zero attached hydrogens (tertiary/aromatic N) is 3. The minimum Gasteiger partial charge on any atom is -0.274 e. The van der Waals surface area contributed by atoms with Gasteiger partial charge in [-0.2, -0.15) is 5.26 Å². The van der Waals surface area contributed by atoms with Crippen LogP contribution in [0.3, 0.4) is 0 Å². The topological polar surface area (TPSA) is 85.6 Å². The Morgan fingerprint density at radius 1 is 1.40 bits per heavy atom. The SMILES string of the molecule is CSC(=Nc1cccc(N2C(=O)CCC2=O)c1)NC#N. The summed E-state index contributed by atoms with van der Waals surface area (Å²) < 4.78 is 0. The molecule has 2 amide bonds. The van der Waals surface area contributed by atoms with E-state index in [1.54, 1.807) is 36.7 Å². The van der Waals surface area contributed by atoms with Crippen LogP contribution in [0.2, 0.25) is 0 Å². The fourth-order valence-electron chi connectivity index (χ4n) is 1.86. The lowest BCUT2D eigenvalue weighted by Gasteiger charge is -2.14. The summed E-state index contributed by atoms with van der Waals surface area (Å²) in [5.74, 6) is -0.396. The van der Waals surface area contributed by atoms with Crippen LogP contribution in [-0.2, 0) is 9.59 Å². The molecule has 0 atom stereocenters. The number of thioether (sulfide) groups is 1. The number of carbonyl (C=O) groups is 2. The van der Waals surface area contributed by atoms with E-state index in [1.165, 1.54) is 16.7 Å². The number of anilines is 1. The second-order valence-electron chi connectivity index (χ2n) is 4.00. The lowest BCUT2D eigenvalue weighted by atomic mass is 10.2. The van der Waals surface area contributed by atoms with Gasteiger partial charge in [0.15, 0.2) is 11.4 Å². The molecule has 102 valence electrons. The molecule has 1 N–H and O–H groups in total. The van der Waals surface area contributed by atoms with Crippen molar-refractivity contribution in [1.29, 1.82) is 5.26 Å². The molecule has 1 saturated heterocycles. The van der Waals surface area contributed by atoms with Crippen molar-refractivity contribution in [3.05, 3.63) is 24.3 Å². The van der Waals surface area contributed by atoms with Crippen molar-refractivity contribution in [2.45, 2.75) is 12.8 Å². The summed E-state index contributed by atoms with van der Waals surface area (Å²) >= 11 is 1.30. The van der Waals surface area contributed by atoms with Gasteiger partial charge in [0.2, 0.25) is 11.8 Å². The molecule has 2 rings (SSSR count). The van der Waals surface area contributed by atoms with Crippen LogP contribution < -0.4 is 10.2 Å². The van der Waals surface area contributed by atoms with Crippen molar-refractivity contribution in [2.24, 2.45) is 4.99 Å². The van der Waals surface area contributed by atoms with Crippen molar-refractivity contribution in [2.75, 3.05) is 11.2 Å². The molecule has 1 aromatic carbocycles. The maximum atomic E-state index is 11.7. The van der Waals surface area contributed by atoms with Gasteiger partial charge in [0.05, 0.1) is 11.4 Å². The van der Waals surface area contributed by atoms with Crippen molar-refractivity contribution in [3.63, 3.8) is 0 Å². The molecular weight excluding hydrogens is 276 g/mol. The third-order valence-electron chi connectivity index (χ3n) is 2.73. The fraction of sp³-hybridized carbons (Fsp3) is 0.231. The molecule has 1 aliphatic rings. The highest BCUT2D eigenvalue weighted by atomic mass is 32.2. The Bertz CT molecular complexity index is 605. The first-order chi connectivity index (χ1) is 9.65. The summed E-state index contributed by atoms with van der Waals surface area (Å²) in [4.78, 5) is 28.8. The van der Waals surface area contributed by atoms with Gasteiger partial charge in [0.1, 0.15) is 0 Å². The molecule has 6 nitrogen and oxygen atoms in total. The van der Waals surface area contributed by atoms with Crippen LogP contribution in [-0.4, -0.2) is 23.2 Å². The van der Waals surface area contributed by atoms with E-state index in [9.17, 15) is 9.59 Å². The standard InChI is InChI=1S/C13H12N4O2S/c1-20-13(15-8-14)16-9-3-2-4-10(7-9)17-11(18)5-6-12(17)19/h2-4,7H,5-6H2,1H3,(H,15,16). The van der Waals surface area contributed by atoms with E-state index < -0.39 is 0 Å². The number of benzene rings is 1. The second kappa shape index (κ2) is 6.21. The lowest BCUT2D eigenvalue weighted by Crippen LogP contribution is -2.28. The zero-order chi connectivity index (χ0) is 14.5. The Balaban J connectivity index is 2.31. The van der Waals surface area contributed by atoms with Gasteiger partial charge in [-0.05, 0) is 24.5 Å². The fourth-order valence-corrected chi connectivity index (χ4v) is 2.20. The van der Waals surface area contributed by atoms with E-state index >= 15 is 0 Å². The first kappa shape index (κ1) is 14.1. The maximum absolute atomic E-state index is 11.7. The zero-order valence-corrected chi connectivity index (χ0v) is 11.6. The number of amidine groups is 1.